The minimum atomic E-state index is -0.638. The molecule has 1 saturated heterocycles. The Balaban J connectivity index is 1.96. The minimum absolute atomic E-state index is 0.0908. The molecule has 1 aromatic carbocycles. The SMILES string of the molecule is CCOC(=O)[C@H]1CCC(NOCc2ccccc2)CN1C(=O)OC(C)(C)C. The fraction of sp³-hybridized carbons (Fsp3) is 0.600. The van der Waals surface area contributed by atoms with Crippen molar-refractivity contribution in [2.24, 2.45) is 0 Å². The molecule has 1 unspecified atom stereocenters. The molecule has 0 radical (unpaired) electrons. The normalized spacial score (nSPS) is 20.2. The van der Waals surface area contributed by atoms with Gasteiger partial charge in [0.15, 0.2) is 0 Å². The molecule has 0 bridgehead atoms. The second kappa shape index (κ2) is 9.71. The van der Waals surface area contributed by atoms with Crippen LogP contribution in [0, 0.1) is 0 Å². The van der Waals surface area contributed by atoms with Crippen molar-refractivity contribution < 1.29 is 23.9 Å². The average Bonchev–Trinajstić information content (AvgIpc) is 2.61. The number of rotatable bonds is 6. The molecule has 1 aromatic rings. The monoisotopic (exact) mass is 378 g/mol. The van der Waals surface area contributed by atoms with Gasteiger partial charge in [-0.3, -0.25) is 9.74 Å². The van der Waals surface area contributed by atoms with Gasteiger partial charge in [-0.1, -0.05) is 30.3 Å². The van der Waals surface area contributed by atoms with E-state index in [4.69, 9.17) is 14.3 Å². The summed E-state index contributed by atoms with van der Waals surface area (Å²) in [5.41, 5.74) is 3.42. The number of carbonyl (C=O) groups excluding carboxylic acids is 2. The van der Waals surface area contributed by atoms with E-state index in [1.807, 2.05) is 30.3 Å². The van der Waals surface area contributed by atoms with Crippen LogP contribution in [-0.4, -0.2) is 47.8 Å². The smallest absolute Gasteiger partial charge is 0.411 e. The number of hydroxylamine groups is 1. The van der Waals surface area contributed by atoms with Crippen molar-refractivity contribution in [1.82, 2.24) is 10.4 Å². The van der Waals surface area contributed by atoms with Gasteiger partial charge in [0.25, 0.3) is 0 Å². The maximum atomic E-state index is 12.6. The number of likely N-dealkylation sites (tertiary alicyclic amines) is 1. The summed E-state index contributed by atoms with van der Waals surface area (Å²) in [4.78, 5) is 31.9. The Bertz CT molecular complexity index is 615. The first-order valence-corrected chi connectivity index (χ1v) is 9.37. The van der Waals surface area contributed by atoms with Crippen LogP contribution in [0.2, 0.25) is 0 Å². The Morgan fingerprint density at radius 3 is 2.52 bits per heavy atom. The molecule has 1 amide bonds. The third-order valence-electron chi connectivity index (χ3n) is 4.10. The summed E-state index contributed by atoms with van der Waals surface area (Å²) in [6.45, 7) is 8.16. The topological polar surface area (TPSA) is 77.1 Å². The van der Waals surface area contributed by atoms with Crippen molar-refractivity contribution in [3.8, 4) is 0 Å². The summed E-state index contributed by atoms with van der Waals surface area (Å²) in [6.07, 6.45) is 0.664. The van der Waals surface area contributed by atoms with E-state index >= 15 is 0 Å². The molecular formula is C20H30N2O5. The van der Waals surface area contributed by atoms with Crippen molar-refractivity contribution in [2.45, 2.75) is 64.8 Å². The van der Waals surface area contributed by atoms with Gasteiger partial charge >= 0.3 is 12.1 Å². The van der Waals surface area contributed by atoms with Crippen molar-refractivity contribution >= 4 is 12.1 Å². The molecule has 1 aliphatic rings. The highest BCUT2D eigenvalue weighted by Gasteiger charge is 2.39. The lowest BCUT2D eigenvalue weighted by Crippen LogP contribution is -2.56. The second-order valence-electron chi connectivity index (χ2n) is 7.57. The molecule has 7 nitrogen and oxygen atoms in total. The third kappa shape index (κ3) is 6.84. The largest absolute Gasteiger partial charge is 0.464 e. The van der Waals surface area contributed by atoms with Gasteiger partial charge in [-0.15, -0.1) is 0 Å². The first-order valence-electron chi connectivity index (χ1n) is 9.37. The Morgan fingerprint density at radius 2 is 1.89 bits per heavy atom. The second-order valence-corrected chi connectivity index (χ2v) is 7.57. The number of benzene rings is 1. The van der Waals surface area contributed by atoms with E-state index in [2.05, 4.69) is 5.48 Å². The molecule has 0 saturated carbocycles. The van der Waals surface area contributed by atoms with E-state index in [1.54, 1.807) is 27.7 Å². The van der Waals surface area contributed by atoms with Gasteiger partial charge in [-0.25, -0.2) is 9.59 Å². The van der Waals surface area contributed by atoms with Crippen LogP contribution < -0.4 is 5.48 Å². The summed E-state index contributed by atoms with van der Waals surface area (Å²) in [6, 6.07) is 9.09. The minimum Gasteiger partial charge on any atom is -0.464 e. The predicted molar refractivity (Wildman–Crippen MR) is 101 cm³/mol. The number of nitrogens with zero attached hydrogens (tertiary/aromatic N) is 1. The fourth-order valence-corrected chi connectivity index (χ4v) is 2.89. The van der Waals surface area contributed by atoms with Crippen molar-refractivity contribution in [3.05, 3.63) is 35.9 Å². The number of nitrogens with one attached hydrogen (secondary N) is 1. The molecule has 1 aliphatic heterocycles. The fourth-order valence-electron chi connectivity index (χ4n) is 2.89. The molecule has 27 heavy (non-hydrogen) atoms. The van der Waals surface area contributed by atoms with Crippen molar-refractivity contribution in [1.29, 1.82) is 0 Å². The number of hydrogen-bond acceptors (Lipinski definition) is 6. The van der Waals surface area contributed by atoms with E-state index in [0.29, 0.717) is 26.0 Å². The molecule has 0 spiro atoms. The van der Waals surface area contributed by atoms with Crippen LogP contribution in [-0.2, 0) is 25.7 Å². The lowest BCUT2D eigenvalue weighted by atomic mass is 9.99. The zero-order valence-corrected chi connectivity index (χ0v) is 16.6. The summed E-state index contributed by atoms with van der Waals surface area (Å²) in [5.74, 6) is -0.396. The lowest BCUT2D eigenvalue weighted by molar-refractivity contribution is -0.151. The average molecular weight is 378 g/mol. The zero-order chi connectivity index (χ0) is 19.9. The molecule has 0 aromatic heterocycles. The Kier molecular flexibility index (Phi) is 7.62. The first-order chi connectivity index (χ1) is 12.8. The lowest BCUT2D eigenvalue weighted by Gasteiger charge is -2.38. The van der Waals surface area contributed by atoms with E-state index in [9.17, 15) is 9.59 Å². The number of carbonyl (C=O) groups is 2. The number of piperidine rings is 1. The van der Waals surface area contributed by atoms with Gasteiger partial charge in [0.05, 0.1) is 19.3 Å². The Labute approximate surface area is 160 Å². The number of ether oxygens (including phenoxy) is 2. The van der Waals surface area contributed by atoms with Gasteiger partial charge in [0.2, 0.25) is 0 Å². The van der Waals surface area contributed by atoms with Crippen LogP contribution in [0.1, 0.15) is 46.1 Å². The van der Waals surface area contributed by atoms with Crippen molar-refractivity contribution in [3.63, 3.8) is 0 Å². The molecule has 1 fully saturated rings. The molecule has 1 N–H and O–H groups in total. The van der Waals surface area contributed by atoms with Crippen LogP contribution in [0.5, 0.6) is 0 Å². The van der Waals surface area contributed by atoms with E-state index < -0.39 is 23.7 Å². The summed E-state index contributed by atoms with van der Waals surface area (Å²) in [5, 5.41) is 0. The van der Waals surface area contributed by atoms with Gasteiger partial charge < -0.3 is 9.47 Å². The first kappa shape index (κ1) is 21.2. The molecule has 1 heterocycles. The molecule has 2 atom stereocenters. The Hall–Kier alpha value is -2.12. The van der Waals surface area contributed by atoms with Crippen LogP contribution in [0.15, 0.2) is 30.3 Å². The third-order valence-corrected chi connectivity index (χ3v) is 4.10. The predicted octanol–water partition coefficient (Wildman–Crippen LogP) is 3.04. The molecule has 0 aliphatic carbocycles. The van der Waals surface area contributed by atoms with E-state index in [1.165, 1.54) is 4.90 Å². The number of hydrogen-bond donors (Lipinski definition) is 1. The van der Waals surface area contributed by atoms with Crippen LogP contribution in [0.4, 0.5) is 4.79 Å². The summed E-state index contributed by atoms with van der Waals surface area (Å²) < 4.78 is 10.6. The van der Waals surface area contributed by atoms with Crippen LogP contribution in [0.25, 0.3) is 0 Å². The zero-order valence-electron chi connectivity index (χ0n) is 16.6. The van der Waals surface area contributed by atoms with Gasteiger partial charge in [0, 0.05) is 6.54 Å². The molecule has 2 rings (SSSR count). The van der Waals surface area contributed by atoms with Gasteiger partial charge in [0.1, 0.15) is 11.6 Å². The van der Waals surface area contributed by atoms with Gasteiger partial charge in [-0.2, -0.15) is 5.48 Å². The highest BCUT2D eigenvalue weighted by atomic mass is 16.6. The highest BCUT2D eigenvalue weighted by Crippen LogP contribution is 2.22. The summed E-state index contributed by atoms with van der Waals surface area (Å²) in [7, 11) is 0. The highest BCUT2D eigenvalue weighted by molar-refractivity contribution is 5.81. The van der Waals surface area contributed by atoms with E-state index in [0.717, 1.165) is 5.56 Å². The molecule has 7 heteroatoms. The molecule has 150 valence electrons. The summed E-state index contributed by atoms with van der Waals surface area (Å²) >= 11 is 0. The van der Waals surface area contributed by atoms with Gasteiger partial charge in [-0.05, 0) is 46.1 Å². The quantitative estimate of drug-likeness (QED) is 0.606. The van der Waals surface area contributed by atoms with Crippen molar-refractivity contribution in [2.75, 3.05) is 13.2 Å². The van der Waals surface area contributed by atoms with E-state index in [-0.39, 0.29) is 12.6 Å². The van der Waals surface area contributed by atoms with Crippen LogP contribution in [0.3, 0.4) is 0 Å². The Morgan fingerprint density at radius 1 is 1.19 bits per heavy atom. The maximum Gasteiger partial charge on any atom is 0.411 e. The van der Waals surface area contributed by atoms with Crippen LogP contribution >= 0.6 is 0 Å². The number of amides is 1. The molecular weight excluding hydrogens is 348 g/mol. The standard InChI is InChI=1S/C20H30N2O5/c1-5-25-18(23)17-12-11-16(13-22(17)19(24)27-20(2,3)4)21-26-14-15-9-7-6-8-10-15/h6-10,16-17,21H,5,11-14H2,1-4H3/t16?,17-/m1/s1. The maximum absolute atomic E-state index is 12.6. The number of esters is 1.